The maximum Gasteiger partial charge on any atom is 0.227 e. The summed E-state index contributed by atoms with van der Waals surface area (Å²) in [6.07, 6.45) is 4.68. The van der Waals surface area contributed by atoms with Gasteiger partial charge < -0.3 is 0 Å². The van der Waals surface area contributed by atoms with E-state index in [1.807, 2.05) is 53.1 Å². The molecule has 0 aliphatic carbocycles. The van der Waals surface area contributed by atoms with Crippen LogP contribution in [0.1, 0.15) is 12.0 Å². The van der Waals surface area contributed by atoms with E-state index >= 15 is 0 Å². The number of nitrogens with one attached hydrogen (secondary N) is 1. The SMILES string of the molecule is O=C(CCc1ccc(Cl)cc1)Nc1ncc2ccccn12. The van der Waals surface area contributed by atoms with E-state index in [0.717, 1.165) is 11.1 Å². The Kier molecular flexibility index (Phi) is 3.88. The largest absolute Gasteiger partial charge is 0.296 e. The standard InChI is InChI=1S/C16H14ClN3O/c17-13-7-4-12(5-8-13)6-9-15(21)19-16-18-11-14-3-1-2-10-20(14)16/h1-5,7-8,10-11H,6,9H2,(H,18,19,21). The molecule has 5 heteroatoms. The lowest BCUT2D eigenvalue weighted by Gasteiger charge is -2.04. The van der Waals surface area contributed by atoms with E-state index in [1.165, 1.54) is 0 Å². The van der Waals surface area contributed by atoms with Crippen molar-refractivity contribution in [2.45, 2.75) is 12.8 Å². The molecule has 0 spiro atoms. The van der Waals surface area contributed by atoms with Crippen molar-refractivity contribution in [3.8, 4) is 0 Å². The molecule has 0 bridgehead atoms. The molecule has 0 saturated carbocycles. The summed E-state index contributed by atoms with van der Waals surface area (Å²) in [5, 5.41) is 3.53. The lowest BCUT2D eigenvalue weighted by atomic mass is 10.1. The van der Waals surface area contributed by atoms with Crippen LogP contribution in [0.4, 0.5) is 5.95 Å². The van der Waals surface area contributed by atoms with Crippen LogP contribution in [-0.2, 0) is 11.2 Å². The van der Waals surface area contributed by atoms with Crippen LogP contribution in [0, 0.1) is 0 Å². The van der Waals surface area contributed by atoms with Crippen molar-refractivity contribution in [2.24, 2.45) is 0 Å². The van der Waals surface area contributed by atoms with Gasteiger partial charge >= 0.3 is 0 Å². The molecule has 3 aromatic rings. The number of halogens is 1. The summed E-state index contributed by atoms with van der Waals surface area (Å²) in [4.78, 5) is 16.2. The summed E-state index contributed by atoms with van der Waals surface area (Å²) in [5.74, 6) is 0.494. The van der Waals surface area contributed by atoms with Crippen molar-refractivity contribution in [3.63, 3.8) is 0 Å². The van der Waals surface area contributed by atoms with Gasteiger partial charge in [-0.25, -0.2) is 4.98 Å². The minimum atomic E-state index is -0.0543. The number of benzene rings is 1. The van der Waals surface area contributed by atoms with Gasteiger partial charge in [0.15, 0.2) is 0 Å². The van der Waals surface area contributed by atoms with Crippen LogP contribution in [0.5, 0.6) is 0 Å². The van der Waals surface area contributed by atoms with Crippen molar-refractivity contribution in [3.05, 3.63) is 65.4 Å². The molecular weight excluding hydrogens is 286 g/mol. The topological polar surface area (TPSA) is 46.4 Å². The Hall–Kier alpha value is -2.33. The fraction of sp³-hybridized carbons (Fsp3) is 0.125. The zero-order valence-electron chi connectivity index (χ0n) is 11.3. The van der Waals surface area contributed by atoms with Crippen molar-refractivity contribution in [2.75, 3.05) is 5.32 Å². The summed E-state index contributed by atoms with van der Waals surface area (Å²) in [7, 11) is 0. The molecule has 0 radical (unpaired) electrons. The Bertz CT molecular complexity index is 765. The Balaban J connectivity index is 1.62. The Labute approximate surface area is 127 Å². The molecule has 2 heterocycles. The molecular formula is C16H14ClN3O. The summed E-state index contributed by atoms with van der Waals surface area (Å²) >= 11 is 5.83. The average molecular weight is 300 g/mol. The van der Waals surface area contributed by atoms with Crippen LogP contribution in [0.25, 0.3) is 5.52 Å². The molecule has 1 aromatic carbocycles. The van der Waals surface area contributed by atoms with Gasteiger partial charge in [-0.15, -0.1) is 0 Å². The third kappa shape index (κ3) is 3.23. The smallest absolute Gasteiger partial charge is 0.227 e. The van der Waals surface area contributed by atoms with Gasteiger partial charge in [0.2, 0.25) is 11.9 Å². The Morgan fingerprint density at radius 2 is 2.00 bits per heavy atom. The minimum absolute atomic E-state index is 0.0543. The molecule has 0 saturated heterocycles. The number of aromatic nitrogens is 2. The first-order valence-electron chi connectivity index (χ1n) is 6.69. The number of imidazole rings is 1. The van der Waals surface area contributed by atoms with E-state index in [1.54, 1.807) is 6.20 Å². The van der Waals surface area contributed by atoms with E-state index in [-0.39, 0.29) is 5.91 Å². The minimum Gasteiger partial charge on any atom is -0.296 e. The molecule has 1 amide bonds. The summed E-state index contributed by atoms with van der Waals surface area (Å²) in [6.45, 7) is 0. The van der Waals surface area contributed by atoms with Crippen molar-refractivity contribution in [1.82, 2.24) is 9.38 Å². The van der Waals surface area contributed by atoms with E-state index in [2.05, 4.69) is 10.3 Å². The first-order valence-corrected chi connectivity index (χ1v) is 7.06. The normalized spacial score (nSPS) is 10.7. The van der Waals surface area contributed by atoms with Crippen LogP contribution in [0.15, 0.2) is 54.9 Å². The lowest BCUT2D eigenvalue weighted by molar-refractivity contribution is -0.116. The van der Waals surface area contributed by atoms with E-state index in [0.29, 0.717) is 23.8 Å². The maximum atomic E-state index is 12.0. The van der Waals surface area contributed by atoms with Crippen LogP contribution >= 0.6 is 11.6 Å². The highest BCUT2D eigenvalue weighted by Crippen LogP contribution is 2.13. The molecule has 3 rings (SSSR count). The fourth-order valence-electron chi connectivity index (χ4n) is 2.13. The number of pyridine rings is 1. The maximum absolute atomic E-state index is 12.0. The highest BCUT2D eigenvalue weighted by atomic mass is 35.5. The summed E-state index contributed by atoms with van der Waals surface area (Å²) in [6, 6.07) is 13.3. The third-order valence-electron chi connectivity index (χ3n) is 3.24. The zero-order valence-corrected chi connectivity index (χ0v) is 12.0. The molecule has 0 atom stereocenters. The second-order valence-electron chi connectivity index (χ2n) is 4.75. The molecule has 0 fully saturated rings. The van der Waals surface area contributed by atoms with E-state index < -0.39 is 0 Å². The number of carbonyl (C=O) groups is 1. The molecule has 1 N–H and O–H groups in total. The molecule has 0 aliphatic heterocycles. The molecule has 2 aromatic heterocycles. The monoisotopic (exact) mass is 299 g/mol. The first-order chi connectivity index (χ1) is 10.2. The van der Waals surface area contributed by atoms with Gasteiger partial charge in [-0.05, 0) is 36.2 Å². The van der Waals surface area contributed by atoms with Gasteiger partial charge in [0.25, 0.3) is 0 Å². The summed E-state index contributed by atoms with van der Waals surface area (Å²) in [5.41, 5.74) is 2.04. The molecule has 106 valence electrons. The van der Waals surface area contributed by atoms with Crippen LogP contribution in [-0.4, -0.2) is 15.3 Å². The van der Waals surface area contributed by atoms with Gasteiger partial charge in [0.1, 0.15) is 0 Å². The summed E-state index contributed by atoms with van der Waals surface area (Å²) < 4.78 is 1.85. The lowest BCUT2D eigenvalue weighted by Crippen LogP contribution is -2.14. The van der Waals surface area contributed by atoms with Crippen LogP contribution < -0.4 is 5.32 Å². The number of hydrogen-bond acceptors (Lipinski definition) is 2. The predicted octanol–water partition coefficient (Wildman–Crippen LogP) is 3.56. The average Bonchev–Trinajstić information content (AvgIpc) is 2.90. The number of nitrogens with zero attached hydrogens (tertiary/aromatic N) is 2. The van der Waals surface area contributed by atoms with E-state index in [4.69, 9.17) is 11.6 Å². The van der Waals surface area contributed by atoms with Crippen molar-refractivity contribution >= 4 is 29.0 Å². The second-order valence-corrected chi connectivity index (χ2v) is 5.19. The third-order valence-corrected chi connectivity index (χ3v) is 3.50. The van der Waals surface area contributed by atoms with Gasteiger partial charge in [-0.2, -0.15) is 0 Å². The Morgan fingerprint density at radius 1 is 1.19 bits per heavy atom. The number of anilines is 1. The van der Waals surface area contributed by atoms with Gasteiger partial charge in [-0.1, -0.05) is 29.8 Å². The first kappa shape index (κ1) is 13.6. The number of hydrogen-bond donors (Lipinski definition) is 1. The number of fused-ring (bicyclic) bond motifs is 1. The quantitative estimate of drug-likeness (QED) is 0.800. The molecule has 4 nitrogen and oxygen atoms in total. The Morgan fingerprint density at radius 3 is 2.81 bits per heavy atom. The molecule has 21 heavy (non-hydrogen) atoms. The fourth-order valence-corrected chi connectivity index (χ4v) is 2.26. The zero-order chi connectivity index (χ0) is 14.7. The van der Waals surface area contributed by atoms with Crippen molar-refractivity contribution < 1.29 is 4.79 Å². The van der Waals surface area contributed by atoms with Crippen LogP contribution in [0.3, 0.4) is 0 Å². The predicted molar refractivity (Wildman–Crippen MR) is 83.6 cm³/mol. The number of rotatable bonds is 4. The highest BCUT2D eigenvalue weighted by molar-refractivity contribution is 6.30. The van der Waals surface area contributed by atoms with Gasteiger partial charge in [-0.3, -0.25) is 14.5 Å². The van der Waals surface area contributed by atoms with Gasteiger partial charge in [0, 0.05) is 17.6 Å². The number of amides is 1. The highest BCUT2D eigenvalue weighted by Gasteiger charge is 2.07. The van der Waals surface area contributed by atoms with Crippen LogP contribution in [0.2, 0.25) is 5.02 Å². The second kappa shape index (κ2) is 5.97. The van der Waals surface area contributed by atoms with Crippen molar-refractivity contribution in [1.29, 1.82) is 0 Å². The van der Waals surface area contributed by atoms with Gasteiger partial charge in [0.05, 0.1) is 11.7 Å². The number of carbonyl (C=O) groups excluding carboxylic acids is 1. The number of aryl methyl sites for hydroxylation is 1. The molecule has 0 unspecified atom stereocenters. The molecule has 0 aliphatic rings. The van der Waals surface area contributed by atoms with E-state index in [9.17, 15) is 4.79 Å².